The van der Waals surface area contributed by atoms with Crippen LogP contribution in [0.15, 0.2) is 21.5 Å². The molecule has 1 saturated heterocycles. The predicted molar refractivity (Wildman–Crippen MR) is 124 cm³/mol. The summed E-state index contributed by atoms with van der Waals surface area (Å²) >= 11 is 0. The Hall–Kier alpha value is -2.94. The molecule has 32 heavy (non-hydrogen) atoms. The van der Waals surface area contributed by atoms with Gasteiger partial charge in [0.25, 0.3) is 0 Å². The maximum absolute atomic E-state index is 5.67. The number of hydrogen-bond donors (Lipinski definition) is 1. The van der Waals surface area contributed by atoms with Gasteiger partial charge in [0.2, 0.25) is 11.6 Å². The van der Waals surface area contributed by atoms with Gasteiger partial charge in [-0.05, 0) is 38.5 Å². The van der Waals surface area contributed by atoms with E-state index in [0.29, 0.717) is 29.7 Å². The van der Waals surface area contributed by atoms with Crippen molar-refractivity contribution in [1.29, 1.82) is 0 Å². The van der Waals surface area contributed by atoms with Crippen molar-refractivity contribution >= 4 is 5.96 Å². The first-order valence-corrected chi connectivity index (χ1v) is 11.0. The molecule has 0 atom stereocenters. The van der Waals surface area contributed by atoms with E-state index in [1.54, 1.807) is 21.3 Å². The molecule has 1 N–H and O–H groups in total. The van der Waals surface area contributed by atoms with Gasteiger partial charge < -0.3 is 28.8 Å². The highest BCUT2D eigenvalue weighted by Gasteiger charge is 2.21. The molecule has 0 radical (unpaired) electrons. The highest BCUT2D eigenvalue weighted by molar-refractivity contribution is 5.80. The van der Waals surface area contributed by atoms with Crippen molar-refractivity contribution in [3.05, 3.63) is 35.0 Å². The van der Waals surface area contributed by atoms with Crippen LogP contribution in [-0.2, 0) is 13.1 Å². The monoisotopic (exact) mass is 445 g/mol. The van der Waals surface area contributed by atoms with Gasteiger partial charge >= 0.3 is 0 Å². The third-order valence-electron chi connectivity index (χ3n) is 5.57. The molecule has 0 amide bonds. The van der Waals surface area contributed by atoms with E-state index in [1.165, 1.54) is 0 Å². The Kier molecular flexibility index (Phi) is 8.21. The number of nitrogens with zero attached hydrogens (tertiary/aromatic N) is 4. The number of guanidine groups is 1. The third-order valence-corrected chi connectivity index (χ3v) is 5.57. The van der Waals surface area contributed by atoms with Crippen molar-refractivity contribution in [3.8, 4) is 17.2 Å². The lowest BCUT2D eigenvalue weighted by Crippen LogP contribution is -2.52. The van der Waals surface area contributed by atoms with Crippen LogP contribution in [0, 0.1) is 13.8 Å². The normalized spacial score (nSPS) is 15.1. The van der Waals surface area contributed by atoms with Crippen LogP contribution in [0.1, 0.15) is 29.8 Å². The Bertz CT molecular complexity index is 875. The number of aliphatic imine (C=N–C) groups is 1. The van der Waals surface area contributed by atoms with Gasteiger partial charge in [0.05, 0.1) is 27.0 Å². The SMILES string of the molecule is CCNC(=NCc1nc(C)c(C)o1)N1CCN(Cc2cc(OC)c(OC)c(OC)c2)CC1. The quantitative estimate of drug-likeness (QED) is 0.490. The van der Waals surface area contributed by atoms with E-state index in [4.69, 9.17) is 23.6 Å². The summed E-state index contributed by atoms with van der Waals surface area (Å²) in [5, 5.41) is 3.39. The fourth-order valence-corrected chi connectivity index (χ4v) is 3.78. The number of methoxy groups -OCH3 is 3. The molecular formula is C23H35N5O4. The van der Waals surface area contributed by atoms with Crippen LogP contribution < -0.4 is 19.5 Å². The topological polar surface area (TPSA) is 84.6 Å². The third kappa shape index (κ3) is 5.64. The summed E-state index contributed by atoms with van der Waals surface area (Å²) in [5.74, 6) is 4.37. The fourth-order valence-electron chi connectivity index (χ4n) is 3.78. The highest BCUT2D eigenvalue weighted by Crippen LogP contribution is 2.38. The number of nitrogens with one attached hydrogen (secondary N) is 1. The average Bonchev–Trinajstić information content (AvgIpc) is 3.13. The number of piperazine rings is 1. The molecule has 9 heteroatoms. The number of hydrogen-bond acceptors (Lipinski definition) is 7. The predicted octanol–water partition coefficient (Wildman–Crippen LogP) is 2.60. The number of aryl methyl sites for hydroxylation is 2. The van der Waals surface area contributed by atoms with E-state index in [-0.39, 0.29) is 0 Å². The molecule has 176 valence electrons. The molecule has 0 saturated carbocycles. The van der Waals surface area contributed by atoms with Crippen LogP contribution >= 0.6 is 0 Å². The standard InChI is InChI=1S/C23H35N5O4/c1-7-24-23(25-14-21-26-16(2)17(3)32-21)28-10-8-27(9-11-28)15-18-12-19(29-4)22(31-6)20(13-18)30-5/h12-13H,7-11,14-15H2,1-6H3,(H,24,25). The van der Waals surface area contributed by atoms with E-state index < -0.39 is 0 Å². The number of oxazole rings is 1. The molecule has 1 fully saturated rings. The molecule has 1 aliphatic rings. The zero-order valence-electron chi connectivity index (χ0n) is 20.0. The summed E-state index contributed by atoms with van der Waals surface area (Å²) in [6.45, 7) is 11.6. The first-order valence-electron chi connectivity index (χ1n) is 11.0. The average molecular weight is 446 g/mol. The maximum atomic E-state index is 5.67. The second-order valence-corrected chi connectivity index (χ2v) is 7.72. The maximum Gasteiger partial charge on any atom is 0.216 e. The summed E-state index contributed by atoms with van der Waals surface area (Å²) in [4.78, 5) is 13.9. The Labute approximate surface area is 190 Å². The number of benzene rings is 1. The van der Waals surface area contributed by atoms with Crippen molar-refractivity contribution in [2.45, 2.75) is 33.9 Å². The second kappa shape index (κ2) is 11.1. The van der Waals surface area contributed by atoms with Crippen LogP contribution in [-0.4, -0.2) is 74.8 Å². The minimum Gasteiger partial charge on any atom is -0.493 e. The Balaban J connectivity index is 1.62. The summed E-state index contributed by atoms with van der Waals surface area (Å²) in [5.41, 5.74) is 2.05. The number of aromatic nitrogens is 1. The van der Waals surface area contributed by atoms with E-state index in [1.807, 2.05) is 26.0 Å². The molecule has 1 aliphatic heterocycles. The van der Waals surface area contributed by atoms with Gasteiger partial charge in [-0.1, -0.05) is 0 Å². The summed E-state index contributed by atoms with van der Waals surface area (Å²) in [6, 6.07) is 4.03. The summed E-state index contributed by atoms with van der Waals surface area (Å²) in [6.07, 6.45) is 0. The van der Waals surface area contributed by atoms with Gasteiger partial charge in [-0.2, -0.15) is 0 Å². The van der Waals surface area contributed by atoms with Crippen molar-refractivity contribution < 1.29 is 18.6 Å². The zero-order valence-corrected chi connectivity index (χ0v) is 20.0. The van der Waals surface area contributed by atoms with Crippen molar-refractivity contribution in [3.63, 3.8) is 0 Å². The molecule has 0 aliphatic carbocycles. The van der Waals surface area contributed by atoms with Gasteiger partial charge in [0, 0.05) is 39.3 Å². The van der Waals surface area contributed by atoms with Crippen molar-refractivity contribution in [1.82, 2.24) is 20.1 Å². The van der Waals surface area contributed by atoms with E-state index in [9.17, 15) is 0 Å². The fraction of sp³-hybridized carbons (Fsp3) is 0.565. The minimum absolute atomic E-state index is 0.433. The Morgan fingerprint density at radius 2 is 1.72 bits per heavy atom. The van der Waals surface area contributed by atoms with Crippen LogP contribution in [0.3, 0.4) is 0 Å². The number of ether oxygens (including phenoxy) is 3. The number of rotatable bonds is 8. The van der Waals surface area contributed by atoms with Crippen LogP contribution in [0.4, 0.5) is 0 Å². The molecule has 0 spiro atoms. The summed E-state index contributed by atoms with van der Waals surface area (Å²) in [7, 11) is 4.90. The second-order valence-electron chi connectivity index (χ2n) is 7.72. The minimum atomic E-state index is 0.433. The first-order chi connectivity index (χ1) is 15.5. The molecule has 2 heterocycles. The van der Waals surface area contributed by atoms with Crippen LogP contribution in [0.2, 0.25) is 0 Å². The van der Waals surface area contributed by atoms with Gasteiger partial charge in [-0.25, -0.2) is 9.98 Å². The molecule has 3 rings (SSSR count). The lowest BCUT2D eigenvalue weighted by atomic mass is 10.1. The van der Waals surface area contributed by atoms with Crippen LogP contribution in [0.25, 0.3) is 0 Å². The Morgan fingerprint density at radius 3 is 2.22 bits per heavy atom. The Morgan fingerprint density at radius 1 is 1.06 bits per heavy atom. The van der Waals surface area contributed by atoms with Gasteiger partial charge in [0.15, 0.2) is 17.5 Å². The van der Waals surface area contributed by atoms with Gasteiger partial charge in [-0.15, -0.1) is 0 Å². The molecule has 1 aromatic carbocycles. The molecular weight excluding hydrogens is 410 g/mol. The first kappa shape index (κ1) is 23.7. The molecule has 9 nitrogen and oxygen atoms in total. The van der Waals surface area contributed by atoms with E-state index in [2.05, 4.69) is 27.0 Å². The van der Waals surface area contributed by atoms with Crippen molar-refractivity contribution in [2.24, 2.45) is 4.99 Å². The molecule has 0 bridgehead atoms. The lowest BCUT2D eigenvalue weighted by molar-refractivity contribution is 0.172. The van der Waals surface area contributed by atoms with Gasteiger partial charge in [0.1, 0.15) is 12.3 Å². The van der Waals surface area contributed by atoms with E-state index >= 15 is 0 Å². The lowest BCUT2D eigenvalue weighted by Gasteiger charge is -2.36. The molecule has 0 unspecified atom stereocenters. The molecule has 1 aromatic heterocycles. The highest BCUT2D eigenvalue weighted by atomic mass is 16.5. The van der Waals surface area contributed by atoms with Crippen LogP contribution in [0.5, 0.6) is 17.2 Å². The van der Waals surface area contributed by atoms with Gasteiger partial charge in [-0.3, -0.25) is 4.90 Å². The zero-order chi connectivity index (χ0) is 23.1. The summed E-state index contributed by atoms with van der Waals surface area (Å²) < 4.78 is 22.1. The van der Waals surface area contributed by atoms with E-state index in [0.717, 1.165) is 62.2 Å². The molecule has 2 aromatic rings. The largest absolute Gasteiger partial charge is 0.493 e. The van der Waals surface area contributed by atoms with Crippen molar-refractivity contribution in [2.75, 3.05) is 54.1 Å². The smallest absolute Gasteiger partial charge is 0.216 e.